The predicted molar refractivity (Wildman–Crippen MR) is 82.0 cm³/mol. The monoisotopic (exact) mass is 299 g/mol. The number of benzene rings is 2. The maximum Gasteiger partial charge on any atom is 0.253 e. The van der Waals surface area contributed by atoms with Crippen LogP contribution in [0.15, 0.2) is 48.5 Å². The zero-order valence-electron chi connectivity index (χ0n) is 12.0. The maximum absolute atomic E-state index is 12.0. The van der Waals surface area contributed by atoms with Crippen LogP contribution in [0.1, 0.15) is 12.0 Å². The lowest BCUT2D eigenvalue weighted by Gasteiger charge is -2.11. The van der Waals surface area contributed by atoms with Crippen molar-refractivity contribution in [3.05, 3.63) is 54.1 Å². The molecule has 2 aromatic carbocycles. The minimum Gasteiger partial charge on any atom is -0.454 e. The van der Waals surface area contributed by atoms with E-state index in [-0.39, 0.29) is 6.79 Å². The van der Waals surface area contributed by atoms with Gasteiger partial charge in [-0.05, 0) is 30.5 Å². The molecule has 1 heterocycles. The molecule has 1 atom stereocenters. The minimum absolute atomic E-state index is 0.187. The van der Waals surface area contributed by atoms with E-state index in [0.29, 0.717) is 30.0 Å². The predicted octanol–water partition coefficient (Wildman–Crippen LogP) is 2.35. The van der Waals surface area contributed by atoms with E-state index >= 15 is 0 Å². The van der Waals surface area contributed by atoms with E-state index < -0.39 is 12.0 Å². The molecule has 0 aromatic heterocycles. The first-order chi connectivity index (χ1) is 10.7. The van der Waals surface area contributed by atoms with Crippen molar-refractivity contribution in [1.29, 1.82) is 0 Å². The van der Waals surface area contributed by atoms with Gasteiger partial charge in [0.15, 0.2) is 11.5 Å². The summed E-state index contributed by atoms with van der Waals surface area (Å²) in [6.45, 7) is 0.187. The van der Waals surface area contributed by atoms with Crippen LogP contribution in [0.4, 0.5) is 5.69 Å². The van der Waals surface area contributed by atoms with E-state index in [4.69, 9.17) is 9.47 Å². The first-order valence-corrected chi connectivity index (χ1v) is 7.15. The normalized spacial score (nSPS) is 13.7. The number of hydrogen-bond acceptors (Lipinski definition) is 4. The number of amides is 1. The van der Waals surface area contributed by atoms with Gasteiger partial charge in [-0.15, -0.1) is 0 Å². The summed E-state index contributed by atoms with van der Waals surface area (Å²) in [4.78, 5) is 12.0. The molecule has 0 fully saturated rings. The van der Waals surface area contributed by atoms with Gasteiger partial charge >= 0.3 is 0 Å². The number of carbonyl (C=O) groups excluding carboxylic acids is 1. The van der Waals surface area contributed by atoms with Crippen LogP contribution in [0.25, 0.3) is 0 Å². The summed E-state index contributed by atoms with van der Waals surface area (Å²) >= 11 is 0. The van der Waals surface area contributed by atoms with Gasteiger partial charge in [0.2, 0.25) is 6.79 Å². The Kier molecular flexibility index (Phi) is 4.25. The molecular formula is C17H17NO4. The molecule has 0 radical (unpaired) electrons. The highest BCUT2D eigenvalue weighted by molar-refractivity contribution is 5.94. The zero-order chi connectivity index (χ0) is 15.4. The fourth-order valence-electron chi connectivity index (χ4n) is 2.28. The maximum atomic E-state index is 12.0. The highest BCUT2D eigenvalue weighted by atomic mass is 16.7. The summed E-state index contributed by atoms with van der Waals surface area (Å²) in [5.74, 6) is 0.828. The van der Waals surface area contributed by atoms with Crippen molar-refractivity contribution >= 4 is 11.6 Å². The fourth-order valence-corrected chi connectivity index (χ4v) is 2.28. The molecule has 0 bridgehead atoms. The molecule has 1 aliphatic rings. The molecule has 3 rings (SSSR count). The van der Waals surface area contributed by atoms with Gasteiger partial charge in [0, 0.05) is 11.8 Å². The summed E-state index contributed by atoms with van der Waals surface area (Å²) < 4.78 is 10.5. The summed E-state index contributed by atoms with van der Waals surface area (Å²) in [5, 5.41) is 12.6. The number of aryl methyl sites for hydroxylation is 1. The van der Waals surface area contributed by atoms with Gasteiger partial charge in [-0.2, -0.15) is 0 Å². The second kappa shape index (κ2) is 6.49. The summed E-state index contributed by atoms with van der Waals surface area (Å²) in [6, 6.07) is 14.9. The van der Waals surface area contributed by atoms with Crippen LogP contribution in [-0.4, -0.2) is 23.9 Å². The number of anilines is 1. The van der Waals surface area contributed by atoms with Crippen molar-refractivity contribution in [2.24, 2.45) is 0 Å². The van der Waals surface area contributed by atoms with Crippen LogP contribution in [-0.2, 0) is 11.2 Å². The number of rotatable bonds is 5. The lowest BCUT2D eigenvalue weighted by molar-refractivity contribution is -0.124. The first kappa shape index (κ1) is 14.4. The van der Waals surface area contributed by atoms with Crippen LogP contribution >= 0.6 is 0 Å². The summed E-state index contributed by atoms with van der Waals surface area (Å²) in [7, 11) is 0. The number of nitrogens with one attached hydrogen (secondary N) is 1. The molecule has 5 heteroatoms. The third kappa shape index (κ3) is 3.38. The van der Waals surface area contributed by atoms with Crippen LogP contribution in [0, 0.1) is 0 Å². The molecule has 1 amide bonds. The second-order valence-corrected chi connectivity index (χ2v) is 5.10. The van der Waals surface area contributed by atoms with Gasteiger partial charge in [-0.1, -0.05) is 30.3 Å². The van der Waals surface area contributed by atoms with Gasteiger partial charge in [0.25, 0.3) is 5.91 Å². The molecule has 1 aliphatic heterocycles. The number of ether oxygens (including phenoxy) is 2. The Bertz CT molecular complexity index is 657. The summed E-state index contributed by atoms with van der Waals surface area (Å²) in [5.41, 5.74) is 1.67. The third-order valence-electron chi connectivity index (χ3n) is 3.49. The zero-order valence-corrected chi connectivity index (χ0v) is 12.0. The highest BCUT2D eigenvalue weighted by Gasteiger charge is 2.17. The van der Waals surface area contributed by atoms with E-state index in [1.807, 2.05) is 30.3 Å². The van der Waals surface area contributed by atoms with Gasteiger partial charge in [0.05, 0.1) is 0 Å². The number of hydrogen-bond donors (Lipinski definition) is 2. The van der Waals surface area contributed by atoms with E-state index in [0.717, 1.165) is 5.56 Å². The second-order valence-electron chi connectivity index (χ2n) is 5.10. The molecule has 22 heavy (non-hydrogen) atoms. The van der Waals surface area contributed by atoms with Crippen molar-refractivity contribution in [3.63, 3.8) is 0 Å². The molecule has 114 valence electrons. The van der Waals surface area contributed by atoms with Crippen molar-refractivity contribution in [3.8, 4) is 11.5 Å². The molecule has 2 N–H and O–H groups in total. The van der Waals surface area contributed by atoms with Crippen LogP contribution < -0.4 is 14.8 Å². The average molecular weight is 299 g/mol. The van der Waals surface area contributed by atoms with E-state index in [2.05, 4.69) is 5.32 Å². The van der Waals surface area contributed by atoms with Crippen molar-refractivity contribution < 1.29 is 19.4 Å². The topological polar surface area (TPSA) is 67.8 Å². The number of aliphatic hydroxyl groups excluding tert-OH is 1. The van der Waals surface area contributed by atoms with Crippen LogP contribution in [0.2, 0.25) is 0 Å². The van der Waals surface area contributed by atoms with Crippen LogP contribution in [0.5, 0.6) is 11.5 Å². The number of fused-ring (bicyclic) bond motifs is 1. The largest absolute Gasteiger partial charge is 0.454 e. The Morgan fingerprint density at radius 1 is 1.14 bits per heavy atom. The Hall–Kier alpha value is -2.53. The number of aliphatic hydroxyl groups is 1. The average Bonchev–Trinajstić information content (AvgIpc) is 3.01. The number of carbonyl (C=O) groups is 1. The molecular weight excluding hydrogens is 282 g/mol. The molecule has 5 nitrogen and oxygen atoms in total. The minimum atomic E-state index is -1.05. The van der Waals surface area contributed by atoms with Gasteiger partial charge in [0.1, 0.15) is 6.10 Å². The smallest absolute Gasteiger partial charge is 0.253 e. The van der Waals surface area contributed by atoms with E-state index in [9.17, 15) is 9.90 Å². The molecule has 0 spiro atoms. The van der Waals surface area contributed by atoms with Crippen LogP contribution in [0.3, 0.4) is 0 Å². The molecule has 0 saturated carbocycles. The van der Waals surface area contributed by atoms with Crippen molar-refractivity contribution in [2.45, 2.75) is 18.9 Å². The third-order valence-corrected chi connectivity index (χ3v) is 3.49. The Morgan fingerprint density at radius 3 is 2.73 bits per heavy atom. The quantitative estimate of drug-likeness (QED) is 0.889. The highest BCUT2D eigenvalue weighted by Crippen LogP contribution is 2.34. The SMILES string of the molecule is O=C(Nc1ccc2c(c1)OCO2)C(O)CCc1ccccc1. The Balaban J connectivity index is 1.55. The van der Waals surface area contributed by atoms with E-state index in [1.54, 1.807) is 18.2 Å². The van der Waals surface area contributed by atoms with E-state index in [1.165, 1.54) is 0 Å². The van der Waals surface area contributed by atoms with Crippen molar-refractivity contribution in [1.82, 2.24) is 0 Å². The lowest BCUT2D eigenvalue weighted by atomic mass is 10.1. The summed E-state index contributed by atoms with van der Waals surface area (Å²) in [6.07, 6.45) is -0.0256. The molecule has 1 unspecified atom stereocenters. The molecule has 0 aliphatic carbocycles. The lowest BCUT2D eigenvalue weighted by Crippen LogP contribution is -2.28. The Labute approximate surface area is 128 Å². The first-order valence-electron chi connectivity index (χ1n) is 7.15. The van der Waals surface area contributed by atoms with Gasteiger partial charge in [-0.25, -0.2) is 0 Å². The fraction of sp³-hybridized carbons (Fsp3) is 0.235. The molecule has 0 saturated heterocycles. The standard InChI is InChI=1S/C17H17NO4/c19-14(8-6-12-4-2-1-3-5-12)17(20)18-13-7-9-15-16(10-13)22-11-21-15/h1-5,7,9-10,14,19H,6,8,11H2,(H,18,20). The van der Waals surface area contributed by atoms with Gasteiger partial charge in [-0.3, -0.25) is 4.79 Å². The molecule has 2 aromatic rings. The van der Waals surface area contributed by atoms with Crippen molar-refractivity contribution in [2.75, 3.05) is 12.1 Å². The van der Waals surface area contributed by atoms with Gasteiger partial charge < -0.3 is 19.9 Å². The Morgan fingerprint density at radius 2 is 1.91 bits per heavy atom.